The van der Waals surface area contributed by atoms with Gasteiger partial charge in [-0.25, -0.2) is 13.8 Å². The predicted molar refractivity (Wildman–Crippen MR) is 287 cm³/mol. The molecule has 0 aliphatic carbocycles. The summed E-state index contributed by atoms with van der Waals surface area (Å²) in [6.45, 7) is 20.2. The van der Waals surface area contributed by atoms with Crippen molar-refractivity contribution in [1.82, 2.24) is 9.55 Å². The third-order valence-electron chi connectivity index (χ3n) is 13.1. The second-order valence-corrected chi connectivity index (χ2v) is 28.8. The van der Waals surface area contributed by atoms with Gasteiger partial charge in [0.15, 0.2) is 0 Å². The molecule has 0 fully saturated rings. The van der Waals surface area contributed by atoms with Crippen LogP contribution in [0.1, 0.15) is 86.9 Å². The molecule has 7 rings (SSSR count). The lowest BCUT2D eigenvalue weighted by Crippen LogP contribution is -2.69. The summed E-state index contributed by atoms with van der Waals surface area (Å²) < 4.78 is 52.6. The smallest absolute Gasteiger partial charge is 0.308 e. The molecular formula is C60H68F2N2O4Si2. The number of esters is 1. The van der Waals surface area contributed by atoms with Gasteiger partial charge < -0.3 is 18.2 Å². The fourth-order valence-electron chi connectivity index (χ4n) is 9.99. The summed E-state index contributed by atoms with van der Waals surface area (Å²) in [6.07, 6.45) is 3.39. The Morgan fingerprint density at radius 2 is 1.03 bits per heavy atom. The standard InChI is InChI=1S/C60H68F2N2O4Si2/c1-10-66-55(65)43-50(68-70(60(7,8)9,53-29-19-13-20-30-53)54-31-21-14-22-32-54)42-49(67-69(59(4,5)6,51-25-15-11-16-26-51)52-27-17-12-18-28-52)24-23-41-64-57(46-35-39-48(62)40-36-46)56(63-58(64)44(2)3)45-33-37-47(61)38-34-45/h11-40,44,49-50H,10,41-43H2,1-9H3/b24-23+. The molecule has 0 amide bonds. The second kappa shape index (κ2) is 22.4. The number of rotatable bonds is 19. The van der Waals surface area contributed by atoms with E-state index in [0.29, 0.717) is 18.7 Å². The summed E-state index contributed by atoms with van der Waals surface area (Å²) in [6, 6.07) is 54.9. The zero-order valence-electron chi connectivity index (χ0n) is 42.2. The number of aromatic nitrogens is 2. The van der Waals surface area contributed by atoms with Gasteiger partial charge in [0.1, 0.15) is 17.5 Å². The van der Waals surface area contributed by atoms with E-state index >= 15 is 0 Å². The van der Waals surface area contributed by atoms with Crippen molar-refractivity contribution in [3.05, 3.63) is 199 Å². The maximum absolute atomic E-state index is 14.5. The maximum atomic E-state index is 14.5. The Hall–Kier alpha value is -6.05. The molecule has 2 unspecified atom stereocenters. The zero-order chi connectivity index (χ0) is 50.1. The number of hydrogen-bond donors (Lipinski definition) is 0. The molecular weight excluding hydrogens is 907 g/mol. The van der Waals surface area contributed by atoms with Crippen LogP contribution in [0.2, 0.25) is 10.1 Å². The van der Waals surface area contributed by atoms with E-state index in [1.165, 1.54) is 24.3 Å². The van der Waals surface area contributed by atoms with Gasteiger partial charge in [0.25, 0.3) is 16.6 Å². The highest BCUT2D eigenvalue weighted by atomic mass is 28.4. The quantitative estimate of drug-likeness (QED) is 0.0459. The Kier molecular flexibility index (Phi) is 16.5. The maximum Gasteiger partial charge on any atom is 0.308 e. The Morgan fingerprint density at radius 1 is 0.614 bits per heavy atom. The first-order valence-electron chi connectivity index (χ1n) is 24.5. The topological polar surface area (TPSA) is 62.6 Å². The number of benzene rings is 6. The van der Waals surface area contributed by atoms with Crippen molar-refractivity contribution in [2.75, 3.05) is 6.61 Å². The summed E-state index contributed by atoms with van der Waals surface area (Å²) in [7, 11) is -6.44. The van der Waals surface area contributed by atoms with Crippen molar-refractivity contribution in [3.63, 3.8) is 0 Å². The van der Waals surface area contributed by atoms with Crippen molar-refractivity contribution in [3.8, 4) is 22.5 Å². The lowest BCUT2D eigenvalue weighted by molar-refractivity contribution is -0.145. The molecule has 0 aliphatic rings. The largest absolute Gasteiger partial charge is 0.466 e. The summed E-state index contributed by atoms with van der Waals surface area (Å²) in [5.41, 5.74) is 3.00. The molecule has 0 saturated carbocycles. The lowest BCUT2D eigenvalue weighted by Gasteiger charge is -2.47. The van der Waals surface area contributed by atoms with Crippen molar-refractivity contribution in [1.29, 1.82) is 0 Å². The highest BCUT2D eigenvalue weighted by Crippen LogP contribution is 2.41. The molecule has 10 heteroatoms. The van der Waals surface area contributed by atoms with Gasteiger partial charge in [0.2, 0.25) is 0 Å². The number of ether oxygens (including phenoxy) is 1. The molecule has 0 spiro atoms. The Bertz CT molecular complexity index is 2710. The molecule has 2 atom stereocenters. The van der Waals surface area contributed by atoms with Crippen molar-refractivity contribution < 1.29 is 27.2 Å². The van der Waals surface area contributed by atoms with Gasteiger partial charge in [0.05, 0.1) is 36.6 Å². The first kappa shape index (κ1) is 51.8. The molecule has 0 radical (unpaired) electrons. The van der Waals surface area contributed by atoms with Crippen LogP contribution in [0, 0.1) is 11.6 Å². The van der Waals surface area contributed by atoms with Crippen molar-refractivity contribution in [2.45, 2.75) is 110 Å². The average molecular weight is 975 g/mol. The number of carbonyl (C=O) groups excluding carboxylic acids is 1. The zero-order valence-corrected chi connectivity index (χ0v) is 44.2. The van der Waals surface area contributed by atoms with Crippen molar-refractivity contribution >= 4 is 43.4 Å². The Labute approximate surface area is 416 Å². The van der Waals surface area contributed by atoms with E-state index < -0.39 is 28.8 Å². The van der Waals surface area contributed by atoms with E-state index in [0.717, 1.165) is 43.4 Å². The molecule has 0 N–H and O–H groups in total. The van der Waals surface area contributed by atoms with Crippen LogP contribution in [0.5, 0.6) is 0 Å². The van der Waals surface area contributed by atoms with Crippen LogP contribution in [0.25, 0.3) is 22.5 Å². The van der Waals surface area contributed by atoms with Crippen LogP contribution in [0.4, 0.5) is 8.78 Å². The highest BCUT2D eigenvalue weighted by molar-refractivity contribution is 7.00. The van der Waals surface area contributed by atoms with E-state index in [2.05, 4.69) is 169 Å². The first-order chi connectivity index (χ1) is 33.5. The fraction of sp³-hybridized carbons (Fsp3) is 0.300. The summed E-state index contributed by atoms with van der Waals surface area (Å²) in [4.78, 5) is 19.2. The normalized spacial score (nSPS) is 13.4. The number of halogens is 2. The number of imidazole rings is 1. The second-order valence-electron chi connectivity index (χ2n) is 20.3. The van der Waals surface area contributed by atoms with Crippen LogP contribution in [-0.4, -0.2) is 51.0 Å². The number of hydrogen-bond acceptors (Lipinski definition) is 5. The molecule has 1 heterocycles. The monoisotopic (exact) mass is 974 g/mol. The molecule has 364 valence electrons. The minimum Gasteiger partial charge on any atom is -0.466 e. The summed E-state index contributed by atoms with van der Waals surface area (Å²) >= 11 is 0. The number of allylic oxidation sites excluding steroid dienone is 1. The van der Waals surface area contributed by atoms with E-state index in [4.69, 9.17) is 18.6 Å². The molecule has 6 nitrogen and oxygen atoms in total. The SMILES string of the molecule is CCOC(=O)CC(CC(/C=C/Cn1c(C(C)C)nc(-c2ccc(F)cc2)c1-c1ccc(F)cc1)O[Si](c1ccccc1)(c1ccccc1)C(C)(C)C)O[Si](c1ccccc1)(c1ccccc1)C(C)(C)C. The van der Waals surface area contributed by atoms with Crippen LogP contribution >= 0.6 is 0 Å². The fourth-order valence-corrected chi connectivity index (χ4v) is 19.3. The van der Waals surface area contributed by atoms with Gasteiger partial charge in [-0.3, -0.25) is 4.79 Å². The molecule has 6 aromatic carbocycles. The van der Waals surface area contributed by atoms with E-state index in [-0.39, 0.29) is 46.6 Å². The van der Waals surface area contributed by atoms with Crippen LogP contribution < -0.4 is 20.7 Å². The van der Waals surface area contributed by atoms with E-state index in [1.54, 1.807) is 24.3 Å². The number of carbonyl (C=O) groups is 1. The van der Waals surface area contributed by atoms with Gasteiger partial charge in [0, 0.05) is 30.0 Å². The van der Waals surface area contributed by atoms with Crippen molar-refractivity contribution in [2.24, 2.45) is 0 Å². The van der Waals surface area contributed by atoms with Crippen LogP contribution in [0.15, 0.2) is 182 Å². The van der Waals surface area contributed by atoms with Gasteiger partial charge in [-0.2, -0.15) is 0 Å². The molecule has 0 aliphatic heterocycles. The molecule has 7 aromatic rings. The highest BCUT2D eigenvalue weighted by Gasteiger charge is 2.54. The summed E-state index contributed by atoms with van der Waals surface area (Å²) in [5.74, 6) is -0.202. The minimum absolute atomic E-state index is 0.000219. The minimum atomic E-state index is -3.23. The van der Waals surface area contributed by atoms with Crippen LogP contribution in [0.3, 0.4) is 0 Å². The third-order valence-corrected chi connectivity index (χ3v) is 23.2. The Balaban J connectivity index is 1.44. The number of nitrogens with zero attached hydrogens (tertiary/aromatic N) is 2. The predicted octanol–water partition coefficient (Wildman–Crippen LogP) is 12.4. The molecule has 0 bridgehead atoms. The van der Waals surface area contributed by atoms with Gasteiger partial charge >= 0.3 is 5.97 Å². The first-order valence-corrected chi connectivity index (χ1v) is 28.3. The molecule has 70 heavy (non-hydrogen) atoms. The van der Waals surface area contributed by atoms with Crippen LogP contribution in [-0.2, 0) is 24.9 Å². The molecule has 0 saturated heterocycles. The van der Waals surface area contributed by atoms with Gasteiger partial charge in [-0.1, -0.05) is 189 Å². The Morgan fingerprint density at radius 3 is 1.43 bits per heavy atom. The lowest BCUT2D eigenvalue weighted by atomic mass is 10.0. The van der Waals surface area contributed by atoms with E-state index in [9.17, 15) is 13.6 Å². The van der Waals surface area contributed by atoms with Gasteiger partial charge in [-0.15, -0.1) is 0 Å². The van der Waals surface area contributed by atoms with Gasteiger partial charge in [-0.05, 0) is 86.3 Å². The summed E-state index contributed by atoms with van der Waals surface area (Å²) in [5, 5.41) is 3.72. The van der Waals surface area contributed by atoms with E-state index in [1.807, 2.05) is 31.2 Å². The average Bonchev–Trinajstić information content (AvgIpc) is 3.72. The third kappa shape index (κ3) is 11.3. The molecule has 1 aromatic heterocycles.